The summed E-state index contributed by atoms with van der Waals surface area (Å²) >= 11 is 0. The average molecular weight is 187 g/mol. The highest BCUT2D eigenvalue weighted by atomic mass is 32.2. The summed E-state index contributed by atoms with van der Waals surface area (Å²) in [6.45, 7) is 2.90. The van der Waals surface area contributed by atoms with Gasteiger partial charge in [0.05, 0.1) is 4.90 Å². The van der Waals surface area contributed by atoms with E-state index in [0.717, 1.165) is 24.3 Å². The van der Waals surface area contributed by atoms with Crippen molar-refractivity contribution in [3.8, 4) is 0 Å². The van der Waals surface area contributed by atoms with Crippen LogP contribution in [-0.2, 0) is 10.0 Å². The van der Waals surface area contributed by atoms with Gasteiger partial charge in [0.1, 0.15) is 5.82 Å². The summed E-state index contributed by atoms with van der Waals surface area (Å²) in [7, 11) is -3.67. The SMILES string of the molecule is C=NS(=O)(=O)c1ccc(F)cc1. The van der Waals surface area contributed by atoms with Crippen molar-refractivity contribution < 1.29 is 12.8 Å². The van der Waals surface area contributed by atoms with Crippen molar-refractivity contribution >= 4 is 16.7 Å². The monoisotopic (exact) mass is 187 g/mol. The fraction of sp³-hybridized carbons (Fsp3) is 0. The Morgan fingerprint density at radius 1 is 1.25 bits per heavy atom. The van der Waals surface area contributed by atoms with Crippen LogP contribution in [0.25, 0.3) is 0 Å². The molecule has 64 valence electrons. The van der Waals surface area contributed by atoms with Crippen LogP contribution in [0.4, 0.5) is 4.39 Å². The van der Waals surface area contributed by atoms with E-state index in [1.807, 2.05) is 0 Å². The van der Waals surface area contributed by atoms with Gasteiger partial charge < -0.3 is 0 Å². The number of rotatable bonds is 2. The van der Waals surface area contributed by atoms with Crippen molar-refractivity contribution in [2.75, 3.05) is 0 Å². The third kappa shape index (κ3) is 1.68. The molecule has 0 aliphatic heterocycles. The minimum absolute atomic E-state index is 0.0566. The lowest BCUT2D eigenvalue weighted by Gasteiger charge is -1.95. The van der Waals surface area contributed by atoms with Gasteiger partial charge in [-0.3, -0.25) is 0 Å². The minimum Gasteiger partial charge on any atom is -0.207 e. The molecule has 0 radical (unpaired) electrons. The Hall–Kier alpha value is -1.23. The van der Waals surface area contributed by atoms with Crippen LogP contribution in [0.2, 0.25) is 0 Å². The highest BCUT2D eigenvalue weighted by Gasteiger charge is 2.09. The van der Waals surface area contributed by atoms with Crippen LogP contribution in [0.15, 0.2) is 33.6 Å². The first-order valence-corrected chi connectivity index (χ1v) is 4.49. The Bertz CT molecular complexity index is 382. The molecule has 0 atom stereocenters. The van der Waals surface area contributed by atoms with Crippen molar-refractivity contribution in [2.45, 2.75) is 4.90 Å². The Labute approximate surface area is 69.6 Å². The lowest BCUT2D eigenvalue weighted by molar-refractivity contribution is 0.597. The van der Waals surface area contributed by atoms with Gasteiger partial charge in [-0.1, -0.05) is 0 Å². The van der Waals surface area contributed by atoms with Crippen LogP contribution >= 0.6 is 0 Å². The van der Waals surface area contributed by atoms with Gasteiger partial charge in [-0.15, -0.1) is 0 Å². The summed E-state index contributed by atoms with van der Waals surface area (Å²) in [5, 5.41) is 0. The van der Waals surface area contributed by atoms with Crippen molar-refractivity contribution in [2.24, 2.45) is 4.40 Å². The highest BCUT2D eigenvalue weighted by Crippen LogP contribution is 2.11. The molecular formula is C7H6FNO2S. The van der Waals surface area contributed by atoms with Crippen LogP contribution in [0.3, 0.4) is 0 Å². The Morgan fingerprint density at radius 3 is 2.17 bits per heavy atom. The Balaban J connectivity index is 3.23. The maximum atomic E-state index is 12.3. The molecule has 0 saturated heterocycles. The fourth-order valence-electron chi connectivity index (χ4n) is 0.681. The highest BCUT2D eigenvalue weighted by molar-refractivity contribution is 7.90. The summed E-state index contributed by atoms with van der Waals surface area (Å²) in [6, 6.07) is 4.38. The molecule has 0 aromatic heterocycles. The minimum atomic E-state index is -3.67. The fourth-order valence-corrected chi connectivity index (χ4v) is 1.31. The Morgan fingerprint density at radius 2 is 1.75 bits per heavy atom. The van der Waals surface area contributed by atoms with Crippen LogP contribution in [-0.4, -0.2) is 15.1 Å². The van der Waals surface area contributed by atoms with Gasteiger partial charge in [0.2, 0.25) is 0 Å². The molecule has 0 unspecified atom stereocenters. The molecule has 0 amide bonds. The molecule has 0 heterocycles. The molecular weight excluding hydrogens is 181 g/mol. The molecule has 5 heteroatoms. The number of benzene rings is 1. The predicted molar refractivity (Wildman–Crippen MR) is 43.1 cm³/mol. The van der Waals surface area contributed by atoms with Crippen LogP contribution in [0, 0.1) is 5.82 Å². The van der Waals surface area contributed by atoms with Gasteiger partial charge in [-0.05, 0) is 24.3 Å². The second-order valence-corrected chi connectivity index (χ2v) is 3.74. The molecule has 0 aliphatic carbocycles. The smallest absolute Gasteiger partial charge is 0.207 e. The topological polar surface area (TPSA) is 46.5 Å². The predicted octanol–water partition coefficient (Wildman–Crippen LogP) is 1.22. The van der Waals surface area contributed by atoms with E-state index in [-0.39, 0.29) is 4.90 Å². The van der Waals surface area contributed by atoms with Gasteiger partial charge in [-0.2, -0.15) is 12.8 Å². The van der Waals surface area contributed by atoms with Crippen LogP contribution in [0.1, 0.15) is 0 Å². The van der Waals surface area contributed by atoms with E-state index in [2.05, 4.69) is 11.1 Å². The number of hydrogen-bond donors (Lipinski definition) is 0. The Kier molecular flexibility index (Phi) is 2.23. The third-order valence-electron chi connectivity index (χ3n) is 1.28. The van der Waals surface area contributed by atoms with E-state index < -0.39 is 15.8 Å². The summed E-state index contributed by atoms with van der Waals surface area (Å²) < 4.78 is 37.2. The number of nitrogens with zero attached hydrogens (tertiary/aromatic N) is 1. The zero-order chi connectivity index (χ0) is 9.19. The first-order valence-electron chi connectivity index (χ1n) is 3.05. The van der Waals surface area contributed by atoms with Gasteiger partial charge in [0.25, 0.3) is 10.0 Å². The summed E-state index contributed by atoms with van der Waals surface area (Å²) in [6.07, 6.45) is 0. The van der Waals surface area contributed by atoms with E-state index >= 15 is 0 Å². The quantitative estimate of drug-likeness (QED) is 0.653. The van der Waals surface area contributed by atoms with Gasteiger partial charge in [0.15, 0.2) is 0 Å². The van der Waals surface area contributed by atoms with Gasteiger partial charge in [-0.25, -0.2) is 4.39 Å². The van der Waals surface area contributed by atoms with Crippen LogP contribution < -0.4 is 0 Å². The maximum Gasteiger partial charge on any atom is 0.281 e. The van der Waals surface area contributed by atoms with E-state index in [4.69, 9.17) is 0 Å². The van der Waals surface area contributed by atoms with Gasteiger partial charge in [0, 0.05) is 6.72 Å². The lowest BCUT2D eigenvalue weighted by atomic mass is 10.4. The first kappa shape index (κ1) is 8.86. The second-order valence-electron chi connectivity index (χ2n) is 2.06. The largest absolute Gasteiger partial charge is 0.281 e. The van der Waals surface area contributed by atoms with E-state index in [1.54, 1.807) is 0 Å². The van der Waals surface area contributed by atoms with E-state index in [1.165, 1.54) is 0 Å². The number of sulfonamides is 1. The molecule has 3 nitrogen and oxygen atoms in total. The molecule has 12 heavy (non-hydrogen) atoms. The first-order chi connectivity index (χ1) is 5.56. The van der Waals surface area contributed by atoms with Crippen LogP contribution in [0.5, 0.6) is 0 Å². The van der Waals surface area contributed by atoms with Crippen molar-refractivity contribution in [3.63, 3.8) is 0 Å². The summed E-state index contributed by atoms with van der Waals surface area (Å²) in [5.74, 6) is -0.488. The molecule has 0 fully saturated rings. The summed E-state index contributed by atoms with van der Waals surface area (Å²) in [5.41, 5.74) is 0. The standard InChI is InChI=1S/C7H6FNO2S/c1-9-12(10,11)7-4-2-6(8)3-5-7/h2-5H,1H2. The van der Waals surface area contributed by atoms with Crippen molar-refractivity contribution in [1.29, 1.82) is 0 Å². The molecule has 1 aromatic carbocycles. The lowest BCUT2D eigenvalue weighted by Crippen LogP contribution is -1.95. The van der Waals surface area contributed by atoms with E-state index in [9.17, 15) is 12.8 Å². The molecule has 1 rings (SSSR count). The average Bonchev–Trinajstić information content (AvgIpc) is 2.05. The second kappa shape index (κ2) is 3.02. The normalized spacial score (nSPS) is 11.1. The summed E-state index contributed by atoms with van der Waals surface area (Å²) in [4.78, 5) is -0.0566. The number of halogens is 1. The number of hydrogen-bond acceptors (Lipinski definition) is 2. The molecule has 0 spiro atoms. The van der Waals surface area contributed by atoms with Crippen molar-refractivity contribution in [1.82, 2.24) is 0 Å². The third-order valence-corrected chi connectivity index (χ3v) is 2.49. The van der Waals surface area contributed by atoms with E-state index in [0.29, 0.717) is 0 Å². The zero-order valence-electron chi connectivity index (χ0n) is 6.07. The maximum absolute atomic E-state index is 12.3. The van der Waals surface area contributed by atoms with Gasteiger partial charge >= 0.3 is 0 Å². The molecule has 0 aliphatic rings. The van der Waals surface area contributed by atoms with Crippen molar-refractivity contribution in [3.05, 3.63) is 30.1 Å². The molecule has 0 saturated carbocycles. The molecule has 0 N–H and O–H groups in total. The zero-order valence-corrected chi connectivity index (χ0v) is 6.88. The molecule has 0 bridgehead atoms. The molecule has 1 aromatic rings.